The number of rotatable bonds is 11. The summed E-state index contributed by atoms with van der Waals surface area (Å²) < 4.78 is 0. The minimum Gasteiger partial charge on any atom is -0.348 e. The fraction of sp³-hybridized carbons (Fsp3) is 0.778. The summed E-state index contributed by atoms with van der Waals surface area (Å²) in [4.78, 5) is 41.4. The standard InChI is InChI=1S/C36H58N2O3/c1-14-16-31(3,4)18-20-34(9,30(41)38(12)13)21-19-32(5,6)36(11)17-15-27-33(7,8)29(40)26(24-37)23-35(27,10)28(36)22-25(2)39/h22-23,27H,14-21H2,1-13H3/b28-22-/t27-,34-,35-,36+/m0/s1. The van der Waals surface area contributed by atoms with Crippen molar-refractivity contribution >= 4 is 17.5 Å². The third kappa shape index (κ3) is 6.57. The molecule has 5 heteroatoms. The Balaban J connectivity index is 2.57. The predicted octanol–water partition coefficient (Wildman–Crippen LogP) is 8.49. The number of ketones is 2. The molecule has 0 bridgehead atoms. The van der Waals surface area contributed by atoms with Crippen LogP contribution in [0.4, 0.5) is 0 Å². The van der Waals surface area contributed by atoms with Crippen molar-refractivity contribution in [2.45, 2.75) is 128 Å². The topological polar surface area (TPSA) is 78.2 Å². The summed E-state index contributed by atoms with van der Waals surface area (Å²) in [6.07, 6.45) is 11.0. The molecule has 4 atom stereocenters. The second kappa shape index (κ2) is 11.8. The summed E-state index contributed by atoms with van der Waals surface area (Å²) in [5.74, 6) is 0.0540. The summed E-state index contributed by atoms with van der Waals surface area (Å²) in [7, 11) is 3.70. The van der Waals surface area contributed by atoms with E-state index in [1.165, 1.54) is 0 Å². The molecule has 41 heavy (non-hydrogen) atoms. The van der Waals surface area contributed by atoms with Crippen LogP contribution in [0.15, 0.2) is 23.3 Å². The van der Waals surface area contributed by atoms with E-state index in [9.17, 15) is 19.6 Å². The second-order valence-corrected chi connectivity index (χ2v) is 16.2. The van der Waals surface area contributed by atoms with E-state index < -0.39 is 16.2 Å². The molecule has 230 valence electrons. The van der Waals surface area contributed by atoms with Crippen LogP contribution in [0, 0.1) is 49.7 Å². The van der Waals surface area contributed by atoms with Crippen molar-refractivity contribution in [3.8, 4) is 6.07 Å². The van der Waals surface area contributed by atoms with Gasteiger partial charge in [-0.1, -0.05) is 87.3 Å². The quantitative estimate of drug-likeness (QED) is 0.235. The van der Waals surface area contributed by atoms with E-state index in [0.29, 0.717) is 0 Å². The monoisotopic (exact) mass is 566 g/mol. The van der Waals surface area contributed by atoms with Crippen LogP contribution < -0.4 is 0 Å². The van der Waals surface area contributed by atoms with Crippen LogP contribution in [0.25, 0.3) is 0 Å². The Hall–Kier alpha value is -2.22. The Labute approximate surface area is 251 Å². The highest BCUT2D eigenvalue weighted by molar-refractivity contribution is 6.04. The largest absolute Gasteiger partial charge is 0.348 e. The molecule has 1 saturated carbocycles. The van der Waals surface area contributed by atoms with Gasteiger partial charge in [0.1, 0.15) is 6.07 Å². The molecule has 1 amide bonds. The van der Waals surface area contributed by atoms with E-state index in [-0.39, 0.29) is 45.2 Å². The average molecular weight is 567 g/mol. The molecule has 0 aromatic heterocycles. The van der Waals surface area contributed by atoms with Crippen molar-refractivity contribution in [3.05, 3.63) is 23.3 Å². The van der Waals surface area contributed by atoms with Crippen LogP contribution in [-0.2, 0) is 14.4 Å². The van der Waals surface area contributed by atoms with E-state index >= 15 is 0 Å². The van der Waals surface area contributed by atoms with Gasteiger partial charge in [0.05, 0.1) is 5.57 Å². The van der Waals surface area contributed by atoms with E-state index in [2.05, 4.69) is 61.5 Å². The Morgan fingerprint density at radius 3 is 2.07 bits per heavy atom. The maximum absolute atomic E-state index is 13.6. The summed E-state index contributed by atoms with van der Waals surface area (Å²) in [5, 5.41) is 9.91. The first-order chi connectivity index (χ1) is 18.5. The van der Waals surface area contributed by atoms with Gasteiger partial charge in [-0.05, 0) is 80.1 Å². The average Bonchev–Trinajstić information content (AvgIpc) is 2.85. The van der Waals surface area contributed by atoms with E-state index in [1.807, 2.05) is 34.0 Å². The van der Waals surface area contributed by atoms with Crippen molar-refractivity contribution in [1.82, 2.24) is 4.90 Å². The number of hydrogen-bond acceptors (Lipinski definition) is 4. The molecule has 2 rings (SSSR count). The molecule has 5 nitrogen and oxygen atoms in total. The van der Waals surface area contributed by atoms with Gasteiger partial charge in [0.15, 0.2) is 11.6 Å². The number of amides is 1. The minimum atomic E-state index is -0.697. The van der Waals surface area contributed by atoms with Crippen LogP contribution in [0.1, 0.15) is 128 Å². The number of nitrogens with zero attached hydrogens (tertiary/aromatic N) is 2. The number of hydrogen-bond donors (Lipinski definition) is 0. The molecule has 0 radical (unpaired) electrons. The van der Waals surface area contributed by atoms with Gasteiger partial charge in [0, 0.05) is 30.3 Å². The van der Waals surface area contributed by atoms with Crippen LogP contribution in [-0.4, -0.2) is 36.5 Å². The molecule has 0 aliphatic heterocycles. The molecule has 0 saturated heterocycles. The number of nitriles is 1. The number of carbonyl (C=O) groups is 3. The SMILES string of the molecule is CCCC(C)(C)CC[C@@](C)(CCC(C)(C)[C@]1(C)CC[C@H]2C(C)(C)C(=O)C(C#N)=C[C@]2(C)/C1=C/C(C)=O)C(=O)N(C)C. The number of fused-ring (bicyclic) bond motifs is 1. The molecule has 0 heterocycles. The molecular weight excluding hydrogens is 508 g/mol. The Morgan fingerprint density at radius 2 is 1.59 bits per heavy atom. The molecule has 0 aromatic carbocycles. The summed E-state index contributed by atoms with van der Waals surface area (Å²) in [6, 6.07) is 2.17. The second-order valence-electron chi connectivity index (χ2n) is 16.2. The lowest BCUT2D eigenvalue weighted by Crippen LogP contribution is -2.55. The zero-order valence-electron chi connectivity index (χ0n) is 28.5. The van der Waals surface area contributed by atoms with Gasteiger partial charge in [0.25, 0.3) is 0 Å². The molecule has 2 aliphatic rings. The predicted molar refractivity (Wildman–Crippen MR) is 168 cm³/mol. The fourth-order valence-electron chi connectivity index (χ4n) is 8.27. The van der Waals surface area contributed by atoms with Crippen molar-refractivity contribution in [2.24, 2.45) is 38.4 Å². The highest BCUT2D eigenvalue weighted by Gasteiger charge is 2.61. The van der Waals surface area contributed by atoms with Gasteiger partial charge in [-0.25, -0.2) is 0 Å². The molecular formula is C36H58N2O3. The smallest absolute Gasteiger partial charge is 0.227 e. The van der Waals surface area contributed by atoms with Gasteiger partial charge >= 0.3 is 0 Å². The van der Waals surface area contributed by atoms with Crippen molar-refractivity contribution in [1.29, 1.82) is 5.26 Å². The lowest BCUT2D eigenvalue weighted by molar-refractivity contribution is -0.140. The maximum Gasteiger partial charge on any atom is 0.227 e. The minimum absolute atomic E-state index is 0.00421. The van der Waals surface area contributed by atoms with Crippen molar-refractivity contribution in [3.63, 3.8) is 0 Å². The van der Waals surface area contributed by atoms with Crippen LogP contribution in [0.3, 0.4) is 0 Å². The van der Waals surface area contributed by atoms with E-state index in [4.69, 9.17) is 0 Å². The first-order valence-corrected chi connectivity index (χ1v) is 15.7. The normalized spacial score (nSPS) is 28.8. The van der Waals surface area contributed by atoms with E-state index in [0.717, 1.165) is 56.9 Å². The summed E-state index contributed by atoms with van der Waals surface area (Å²) in [5.41, 5.74) is -0.974. The number of carbonyl (C=O) groups excluding carboxylic acids is 3. The van der Waals surface area contributed by atoms with Crippen LogP contribution in [0.2, 0.25) is 0 Å². The van der Waals surface area contributed by atoms with Gasteiger partial charge < -0.3 is 4.90 Å². The van der Waals surface area contributed by atoms with Gasteiger partial charge in [-0.15, -0.1) is 0 Å². The summed E-state index contributed by atoms with van der Waals surface area (Å²) in [6.45, 7) is 23.4. The first-order valence-electron chi connectivity index (χ1n) is 15.7. The molecule has 0 spiro atoms. The third-order valence-electron chi connectivity index (χ3n) is 11.4. The maximum atomic E-state index is 13.6. The Bertz CT molecular complexity index is 1150. The number of Topliss-reactive ketones (excluding diaryl/α,β-unsaturated/α-hetero) is 1. The van der Waals surface area contributed by atoms with Crippen LogP contribution in [0.5, 0.6) is 0 Å². The van der Waals surface area contributed by atoms with Crippen molar-refractivity contribution in [2.75, 3.05) is 14.1 Å². The molecule has 0 aromatic rings. The lowest BCUT2D eigenvalue weighted by atomic mass is 9.42. The molecule has 0 unspecified atom stereocenters. The summed E-state index contributed by atoms with van der Waals surface area (Å²) >= 11 is 0. The zero-order chi connectivity index (χ0) is 31.8. The number of allylic oxidation sites excluding steroid dienone is 4. The highest BCUT2D eigenvalue weighted by atomic mass is 16.2. The van der Waals surface area contributed by atoms with Gasteiger partial charge in [-0.3, -0.25) is 14.4 Å². The van der Waals surface area contributed by atoms with Gasteiger partial charge in [0.2, 0.25) is 5.91 Å². The van der Waals surface area contributed by atoms with Crippen LogP contribution >= 0.6 is 0 Å². The van der Waals surface area contributed by atoms with Crippen molar-refractivity contribution < 1.29 is 14.4 Å². The molecule has 0 N–H and O–H groups in total. The molecule has 1 fully saturated rings. The Morgan fingerprint density at radius 1 is 1.02 bits per heavy atom. The third-order valence-corrected chi connectivity index (χ3v) is 11.4. The highest BCUT2D eigenvalue weighted by Crippen LogP contribution is 2.67. The Kier molecular flexibility index (Phi) is 10.1. The van der Waals surface area contributed by atoms with E-state index in [1.54, 1.807) is 17.9 Å². The zero-order valence-corrected chi connectivity index (χ0v) is 28.5. The first kappa shape index (κ1) is 35.0. The lowest BCUT2D eigenvalue weighted by Gasteiger charge is -2.61. The molecule has 2 aliphatic carbocycles. The fourth-order valence-corrected chi connectivity index (χ4v) is 8.27. The van der Waals surface area contributed by atoms with Gasteiger partial charge in [-0.2, -0.15) is 5.26 Å².